The van der Waals surface area contributed by atoms with E-state index in [2.05, 4.69) is 45.2 Å². The summed E-state index contributed by atoms with van der Waals surface area (Å²) in [6, 6.07) is 5.56. The summed E-state index contributed by atoms with van der Waals surface area (Å²) in [7, 11) is 0. The van der Waals surface area contributed by atoms with E-state index in [1.54, 1.807) is 11.3 Å². The highest BCUT2D eigenvalue weighted by atomic mass is 127. The Balaban J connectivity index is 0.00000420. The summed E-state index contributed by atoms with van der Waals surface area (Å²) in [5.74, 6) is 0.987. The van der Waals surface area contributed by atoms with Crippen molar-refractivity contribution in [3.8, 4) is 0 Å². The van der Waals surface area contributed by atoms with Gasteiger partial charge in [0, 0.05) is 24.9 Å². The highest BCUT2D eigenvalue weighted by Crippen LogP contribution is 2.22. The third kappa shape index (κ3) is 8.88. The minimum Gasteiger partial charge on any atom is -0.357 e. The normalized spacial score (nSPS) is 11.2. The Hall–Kier alpha value is -1.39. The fourth-order valence-electron chi connectivity index (χ4n) is 2.38. The van der Waals surface area contributed by atoms with Gasteiger partial charge in [-0.15, -0.1) is 35.3 Å². The van der Waals surface area contributed by atoms with Crippen molar-refractivity contribution in [1.82, 2.24) is 15.6 Å². The second-order valence-corrected chi connectivity index (χ2v) is 8.07. The largest absolute Gasteiger partial charge is 0.357 e. The number of halogens is 2. The lowest BCUT2D eigenvalue weighted by molar-refractivity contribution is -0.116. The maximum absolute atomic E-state index is 12.2. The zero-order valence-electron chi connectivity index (χ0n) is 17.2. The first kappa shape index (κ1) is 25.6. The van der Waals surface area contributed by atoms with Crippen molar-refractivity contribution in [1.29, 1.82) is 0 Å². The van der Waals surface area contributed by atoms with E-state index in [1.165, 1.54) is 0 Å². The Labute approximate surface area is 199 Å². The van der Waals surface area contributed by atoms with Crippen LogP contribution in [0.3, 0.4) is 0 Å². The summed E-state index contributed by atoms with van der Waals surface area (Å²) in [5.41, 5.74) is 2.78. The molecular weight excluding hydrogens is 521 g/mol. The molecule has 1 aromatic heterocycles. The van der Waals surface area contributed by atoms with Crippen LogP contribution in [-0.2, 0) is 11.3 Å². The fourth-order valence-corrected chi connectivity index (χ4v) is 3.54. The van der Waals surface area contributed by atoms with Crippen LogP contribution < -0.4 is 16.0 Å². The molecule has 0 bridgehead atoms. The van der Waals surface area contributed by atoms with Gasteiger partial charge >= 0.3 is 0 Å². The number of anilines is 1. The Morgan fingerprint density at radius 3 is 2.69 bits per heavy atom. The summed E-state index contributed by atoms with van der Waals surface area (Å²) in [6.07, 6.45) is 0.309. The number of aryl methyl sites for hydroxylation is 1. The third-order valence-corrected chi connectivity index (χ3v) is 5.09. The van der Waals surface area contributed by atoms with Gasteiger partial charge in [0.15, 0.2) is 5.96 Å². The monoisotopic (exact) mass is 549 g/mol. The SMILES string of the molecule is CCNC(=NCc1nc(C(C)C)cs1)NCCC(=O)Nc1ccc(C)cc1Cl.I. The number of amides is 1. The Bertz CT molecular complexity index is 825. The molecule has 29 heavy (non-hydrogen) atoms. The van der Waals surface area contributed by atoms with Crippen LogP contribution >= 0.6 is 46.9 Å². The minimum atomic E-state index is -0.101. The molecule has 0 saturated heterocycles. The Kier molecular flexibility index (Phi) is 11.5. The first-order chi connectivity index (χ1) is 13.4. The number of nitrogens with zero attached hydrogens (tertiary/aromatic N) is 2. The molecular formula is C20H29ClIN5OS. The second kappa shape index (κ2) is 13.0. The first-order valence-electron chi connectivity index (χ1n) is 9.41. The number of carbonyl (C=O) groups is 1. The molecule has 0 unspecified atom stereocenters. The molecule has 0 spiro atoms. The van der Waals surface area contributed by atoms with E-state index in [-0.39, 0.29) is 29.9 Å². The van der Waals surface area contributed by atoms with Crippen LogP contribution in [0.5, 0.6) is 0 Å². The quantitative estimate of drug-likeness (QED) is 0.248. The molecule has 0 radical (unpaired) electrons. The van der Waals surface area contributed by atoms with E-state index in [0.717, 1.165) is 22.8 Å². The van der Waals surface area contributed by atoms with Crippen LogP contribution in [0.25, 0.3) is 0 Å². The van der Waals surface area contributed by atoms with Gasteiger partial charge in [-0.2, -0.15) is 0 Å². The van der Waals surface area contributed by atoms with Crippen LogP contribution in [0.15, 0.2) is 28.6 Å². The lowest BCUT2D eigenvalue weighted by Gasteiger charge is -2.11. The van der Waals surface area contributed by atoms with E-state index >= 15 is 0 Å². The second-order valence-electron chi connectivity index (χ2n) is 6.72. The molecule has 0 aliphatic rings. The standard InChI is InChI=1S/C20H28ClN5OS.HI/c1-5-22-20(24-11-19-26-17(12-28-19)13(2)3)23-9-8-18(27)25-16-7-6-14(4)10-15(16)21;/h6-7,10,12-13H,5,8-9,11H2,1-4H3,(H,25,27)(H2,22,23,24);1H. The average molecular weight is 550 g/mol. The van der Waals surface area contributed by atoms with Crippen molar-refractivity contribution < 1.29 is 4.79 Å². The minimum absolute atomic E-state index is 0. The van der Waals surface area contributed by atoms with E-state index in [1.807, 2.05) is 32.0 Å². The van der Waals surface area contributed by atoms with Gasteiger partial charge in [-0.1, -0.05) is 31.5 Å². The van der Waals surface area contributed by atoms with Crippen LogP contribution in [0, 0.1) is 6.92 Å². The van der Waals surface area contributed by atoms with Gasteiger partial charge in [-0.25, -0.2) is 9.98 Å². The average Bonchev–Trinajstić information content (AvgIpc) is 3.11. The van der Waals surface area contributed by atoms with E-state index in [0.29, 0.717) is 42.1 Å². The number of guanidine groups is 1. The number of benzene rings is 1. The molecule has 1 heterocycles. The summed E-state index contributed by atoms with van der Waals surface area (Å²) in [4.78, 5) is 21.3. The highest BCUT2D eigenvalue weighted by Gasteiger charge is 2.08. The lowest BCUT2D eigenvalue weighted by Crippen LogP contribution is -2.38. The first-order valence-corrected chi connectivity index (χ1v) is 10.7. The Morgan fingerprint density at radius 1 is 1.31 bits per heavy atom. The fraction of sp³-hybridized carbons (Fsp3) is 0.450. The molecule has 0 fully saturated rings. The summed E-state index contributed by atoms with van der Waals surface area (Å²) >= 11 is 7.78. The maximum atomic E-state index is 12.2. The number of hydrogen-bond acceptors (Lipinski definition) is 4. The van der Waals surface area contributed by atoms with Gasteiger partial charge in [0.05, 0.1) is 22.9 Å². The van der Waals surface area contributed by atoms with Gasteiger partial charge in [0.25, 0.3) is 0 Å². The highest BCUT2D eigenvalue weighted by molar-refractivity contribution is 14.0. The van der Waals surface area contributed by atoms with Crippen molar-refractivity contribution in [3.63, 3.8) is 0 Å². The molecule has 2 aromatic rings. The molecule has 9 heteroatoms. The van der Waals surface area contributed by atoms with Crippen molar-refractivity contribution >= 4 is 64.5 Å². The lowest BCUT2D eigenvalue weighted by atomic mass is 10.2. The Morgan fingerprint density at radius 2 is 2.07 bits per heavy atom. The van der Waals surface area contributed by atoms with E-state index in [4.69, 9.17) is 11.6 Å². The molecule has 160 valence electrons. The summed E-state index contributed by atoms with van der Waals surface area (Å²) < 4.78 is 0. The molecule has 2 rings (SSSR count). The van der Waals surface area contributed by atoms with Crippen molar-refractivity contribution in [3.05, 3.63) is 44.9 Å². The van der Waals surface area contributed by atoms with Gasteiger partial charge < -0.3 is 16.0 Å². The number of hydrogen-bond donors (Lipinski definition) is 3. The predicted octanol–water partition coefficient (Wildman–Crippen LogP) is 4.93. The molecule has 0 aliphatic heterocycles. The van der Waals surface area contributed by atoms with Gasteiger partial charge in [0.1, 0.15) is 5.01 Å². The number of thiazole rings is 1. The predicted molar refractivity (Wildman–Crippen MR) is 134 cm³/mol. The zero-order chi connectivity index (χ0) is 20.5. The molecule has 0 aliphatic carbocycles. The number of carbonyl (C=O) groups excluding carboxylic acids is 1. The van der Waals surface area contributed by atoms with Crippen molar-refractivity contribution in [2.45, 2.75) is 46.6 Å². The van der Waals surface area contributed by atoms with Gasteiger partial charge in [0.2, 0.25) is 5.91 Å². The van der Waals surface area contributed by atoms with E-state index in [9.17, 15) is 4.79 Å². The number of rotatable bonds is 8. The van der Waals surface area contributed by atoms with Gasteiger partial charge in [-0.05, 0) is 37.5 Å². The van der Waals surface area contributed by atoms with Crippen molar-refractivity contribution in [2.24, 2.45) is 4.99 Å². The molecule has 0 atom stereocenters. The molecule has 6 nitrogen and oxygen atoms in total. The van der Waals surface area contributed by atoms with Crippen LogP contribution in [0.2, 0.25) is 5.02 Å². The van der Waals surface area contributed by atoms with Crippen molar-refractivity contribution in [2.75, 3.05) is 18.4 Å². The topological polar surface area (TPSA) is 78.4 Å². The third-order valence-electron chi connectivity index (χ3n) is 3.92. The van der Waals surface area contributed by atoms with E-state index < -0.39 is 0 Å². The van der Waals surface area contributed by atoms with Crippen LogP contribution in [0.1, 0.15) is 49.4 Å². The smallest absolute Gasteiger partial charge is 0.226 e. The van der Waals surface area contributed by atoms with Crippen LogP contribution in [0.4, 0.5) is 5.69 Å². The summed E-state index contributed by atoms with van der Waals surface area (Å²) in [5, 5.41) is 12.8. The number of aliphatic imine (C=N–C) groups is 1. The molecule has 0 saturated carbocycles. The molecule has 1 amide bonds. The molecule has 1 aromatic carbocycles. The summed E-state index contributed by atoms with van der Waals surface area (Å²) in [6.45, 7) is 9.94. The number of aromatic nitrogens is 1. The zero-order valence-corrected chi connectivity index (χ0v) is 21.1. The molecule has 3 N–H and O–H groups in total. The van der Waals surface area contributed by atoms with Gasteiger partial charge in [-0.3, -0.25) is 4.79 Å². The number of nitrogens with one attached hydrogen (secondary N) is 3. The maximum Gasteiger partial charge on any atom is 0.226 e. The van der Waals surface area contributed by atoms with Crippen LogP contribution in [-0.4, -0.2) is 29.9 Å².